The summed E-state index contributed by atoms with van der Waals surface area (Å²) in [6.45, 7) is 7.29. The molecule has 1 saturated heterocycles. The number of halogens is 1. The van der Waals surface area contributed by atoms with E-state index in [0.29, 0.717) is 29.8 Å². The molecule has 2 rings (SSSR count). The van der Waals surface area contributed by atoms with Crippen LogP contribution in [0, 0.1) is 5.92 Å². The third-order valence-electron chi connectivity index (χ3n) is 3.78. The SMILES string of the molecule is CCNc1ncc(S(=O)(=O)N2CCCC2C(C)C)cc1Cl. The van der Waals surface area contributed by atoms with Gasteiger partial charge in [0.1, 0.15) is 10.7 Å². The average Bonchev–Trinajstić information content (AvgIpc) is 2.91. The van der Waals surface area contributed by atoms with Crippen molar-refractivity contribution in [3.63, 3.8) is 0 Å². The van der Waals surface area contributed by atoms with Crippen LogP contribution in [0.5, 0.6) is 0 Å². The van der Waals surface area contributed by atoms with Gasteiger partial charge in [0.15, 0.2) is 0 Å². The Hall–Kier alpha value is -0.850. The van der Waals surface area contributed by atoms with E-state index in [0.717, 1.165) is 12.8 Å². The third-order valence-corrected chi connectivity index (χ3v) is 5.96. The molecule has 1 N–H and O–H groups in total. The summed E-state index contributed by atoms with van der Waals surface area (Å²) in [5.41, 5.74) is 0. The molecule has 0 saturated carbocycles. The van der Waals surface area contributed by atoms with E-state index in [9.17, 15) is 8.42 Å². The van der Waals surface area contributed by atoms with Crippen LogP contribution in [0.1, 0.15) is 33.6 Å². The Kier molecular flexibility index (Phi) is 5.11. The van der Waals surface area contributed by atoms with Crippen molar-refractivity contribution >= 4 is 27.4 Å². The zero-order chi connectivity index (χ0) is 15.6. The van der Waals surface area contributed by atoms with E-state index in [4.69, 9.17) is 11.6 Å². The number of aromatic nitrogens is 1. The summed E-state index contributed by atoms with van der Waals surface area (Å²) in [4.78, 5) is 4.29. The molecule has 1 aliphatic rings. The van der Waals surface area contributed by atoms with E-state index in [2.05, 4.69) is 24.1 Å². The summed E-state index contributed by atoms with van der Waals surface area (Å²) in [5, 5.41) is 3.33. The van der Waals surface area contributed by atoms with E-state index in [1.807, 2.05) is 6.92 Å². The lowest BCUT2D eigenvalue weighted by molar-refractivity contribution is 0.315. The minimum Gasteiger partial charge on any atom is -0.369 e. The fourth-order valence-corrected chi connectivity index (χ4v) is 4.82. The quantitative estimate of drug-likeness (QED) is 0.901. The lowest BCUT2D eigenvalue weighted by Crippen LogP contribution is -2.38. The van der Waals surface area contributed by atoms with Gasteiger partial charge >= 0.3 is 0 Å². The lowest BCUT2D eigenvalue weighted by atomic mass is 10.0. The molecular weight excluding hydrogens is 310 g/mol. The second-order valence-electron chi connectivity index (χ2n) is 5.60. The van der Waals surface area contributed by atoms with Gasteiger partial charge in [-0.2, -0.15) is 4.31 Å². The molecule has 1 aliphatic heterocycles. The molecule has 5 nitrogen and oxygen atoms in total. The third kappa shape index (κ3) is 3.33. The van der Waals surface area contributed by atoms with E-state index in [-0.39, 0.29) is 10.9 Å². The van der Waals surface area contributed by atoms with Crippen molar-refractivity contribution in [2.75, 3.05) is 18.4 Å². The van der Waals surface area contributed by atoms with Crippen molar-refractivity contribution in [1.82, 2.24) is 9.29 Å². The van der Waals surface area contributed by atoms with Crippen LogP contribution in [0.4, 0.5) is 5.82 Å². The number of hydrogen-bond acceptors (Lipinski definition) is 4. The Morgan fingerprint density at radius 1 is 1.52 bits per heavy atom. The van der Waals surface area contributed by atoms with Crippen LogP contribution in [-0.2, 0) is 10.0 Å². The van der Waals surface area contributed by atoms with Crippen LogP contribution in [-0.4, -0.2) is 36.8 Å². The van der Waals surface area contributed by atoms with Gasteiger partial charge in [-0.15, -0.1) is 0 Å². The van der Waals surface area contributed by atoms with Crippen LogP contribution in [0.25, 0.3) is 0 Å². The number of hydrogen-bond donors (Lipinski definition) is 1. The summed E-state index contributed by atoms with van der Waals surface area (Å²) in [6, 6.07) is 1.54. The van der Waals surface area contributed by atoms with Crippen molar-refractivity contribution in [2.24, 2.45) is 5.92 Å². The maximum Gasteiger partial charge on any atom is 0.244 e. The molecule has 1 aromatic heterocycles. The summed E-state index contributed by atoms with van der Waals surface area (Å²) in [6.07, 6.45) is 3.20. The molecule has 7 heteroatoms. The van der Waals surface area contributed by atoms with E-state index >= 15 is 0 Å². The summed E-state index contributed by atoms with van der Waals surface area (Å²) in [5.74, 6) is 0.812. The Labute approximate surface area is 131 Å². The Morgan fingerprint density at radius 2 is 2.24 bits per heavy atom. The van der Waals surface area contributed by atoms with Gasteiger partial charge in [-0.3, -0.25) is 0 Å². The molecule has 0 aromatic carbocycles. The molecule has 21 heavy (non-hydrogen) atoms. The normalized spacial score (nSPS) is 20.1. The maximum atomic E-state index is 12.8. The fourth-order valence-electron chi connectivity index (χ4n) is 2.72. The predicted octanol–water partition coefficient (Wildman–Crippen LogP) is 2.98. The van der Waals surface area contributed by atoms with Gasteiger partial charge in [0.2, 0.25) is 10.0 Å². The van der Waals surface area contributed by atoms with Crippen molar-refractivity contribution in [3.05, 3.63) is 17.3 Å². The molecule has 1 unspecified atom stereocenters. The van der Waals surface area contributed by atoms with Gasteiger partial charge in [0.05, 0.1) is 5.02 Å². The average molecular weight is 332 g/mol. The number of anilines is 1. The number of nitrogens with one attached hydrogen (secondary N) is 1. The monoisotopic (exact) mass is 331 g/mol. The molecule has 0 spiro atoms. The van der Waals surface area contributed by atoms with E-state index in [1.165, 1.54) is 12.3 Å². The van der Waals surface area contributed by atoms with E-state index in [1.54, 1.807) is 4.31 Å². The number of sulfonamides is 1. The summed E-state index contributed by atoms with van der Waals surface area (Å²) in [7, 11) is -3.53. The molecule has 1 fully saturated rings. The number of pyridine rings is 1. The largest absolute Gasteiger partial charge is 0.369 e. The fraction of sp³-hybridized carbons (Fsp3) is 0.643. The standard InChI is InChI=1S/C14H22ClN3O2S/c1-4-16-14-12(15)8-11(9-17-14)21(19,20)18-7-5-6-13(18)10(2)3/h8-10,13H,4-7H2,1-3H3,(H,16,17). The van der Waals surface area contributed by atoms with Gasteiger partial charge in [-0.05, 0) is 31.7 Å². The highest BCUT2D eigenvalue weighted by Gasteiger charge is 2.37. The molecule has 0 amide bonds. The smallest absolute Gasteiger partial charge is 0.244 e. The van der Waals surface area contributed by atoms with Crippen LogP contribution >= 0.6 is 11.6 Å². The number of rotatable bonds is 5. The van der Waals surface area contributed by atoms with Crippen molar-refractivity contribution < 1.29 is 8.42 Å². The molecule has 1 atom stereocenters. The Morgan fingerprint density at radius 3 is 2.81 bits per heavy atom. The van der Waals surface area contributed by atoms with Crippen molar-refractivity contribution in [3.8, 4) is 0 Å². The van der Waals surface area contributed by atoms with Gasteiger partial charge in [-0.1, -0.05) is 25.4 Å². The highest BCUT2D eigenvalue weighted by atomic mass is 35.5. The molecule has 0 aliphatic carbocycles. The van der Waals surface area contributed by atoms with Crippen LogP contribution < -0.4 is 5.32 Å². The molecule has 2 heterocycles. The van der Waals surface area contributed by atoms with Crippen LogP contribution in [0.3, 0.4) is 0 Å². The maximum absolute atomic E-state index is 12.8. The Bertz CT molecular complexity index is 604. The zero-order valence-corrected chi connectivity index (χ0v) is 14.2. The second kappa shape index (κ2) is 6.50. The lowest BCUT2D eigenvalue weighted by Gasteiger charge is -2.26. The second-order valence-corrected chi connectivity index (χ2v) is 7.90. The molecule has 0 bridgehead atoms. The topological polar surface area (TPSA) is 62.3 Å². The molecule has 1 aromatic rings. The van der Waals surface area contributed by atoms with Gasteiger partial charge in [-0.25, -0.2) is 13.4 Å². The molecule has 0 radical (unpaired) electrons. The first kappa shape index (κ1) is 16.5. The van der Waals surface area contributed by atoms with Crippen molar-refractivity contribution in [1.29, 1.82) is 0 Å². The predicted molar refractivity (Wildman–Crippen MR) is 85.2 cm³/mol. The molecule has 118 valence electrons. The minimum atomic E-state index is -3.53. The van der Waals surface area contributed by atoms with Crippen LogP contribution in [0.15, 0.2) is 17.2 Å². The highest BCUT2D eigenvalue weighted by Crippen LogP contribution is 2.31. The zero-order valence-electron chi connectivity index (χ0n) is 12.6. The summed E-state index contributed by atoms with van der Waals surface area (Å²) >= 11 is 6.11. The summed E-state index contributed by atoms with van der Waals surface area (Å²) < 4.78 is 27.2. The Balaban J connectivity index is 2.33. The highest BCUT2D eigenvalue weighted by molar-refractivity contribution is 7.89. The van der Waals surface area contributed by atoms with Crippen LogP contribution in [0.2, 0.25) is 5.02 Å². The first-order chi connectivity index (χ1) is 9.87. The van der Waals surface area contributed by atoms with Gasteiger partial charge < -0.3 is 5.32 Å². The number of nitrogens with zero attached hydrogens (tertiary/aromatic N) is 2. The van der Waals surface area contributed by atoms with E-state index < -0.39 is 10.0 Å². The van der Waals surface area contributed by atoms with Crippen molar-refractivity contribution in [2.45, 2.75) is 44.6 Å². The first-order valence-corrected chi connectivity index (χ1v) is 9.11. The molecular formula is C14H22ClN3O2S. The first-order valence-electron chi connectivity index (χ1n) is 7.29. The van der Waals surface area contributed by atoms with Gasteiger partial charge in [0.25, 0.3) is 0 Å². The minimum absolute atomic E-state index is 0.0576. The van der Waals surface area contributed by atoms with Gasteiger partial charge in [0, 0.05) is 25.3 Å².